The first-order chi connectivity index (χ1) is 13.4. The number of rotatable bonds is 5. The van der Waals surface area contributed by atoms with Gasteiger partial charge in [0.2, 0.25) is 5.91 Å². The molecule has 2 heterocycles. The zero-order chi connectivity index (χ0) is 20.3. The fraction of sp³-hybridized carbons (Fsp3) is 0.524. The van der Waals surface area contributed by atoms with Gasteiger partial charge in [0.05, 0.1) is 18.8 Å². The minimum absolute atomic E-state index is 0.0207. The van der Waals surface area contributed by atoms with Crippen LogP contribution in [0.25, 0.3) is 5.70 Å². The number of alkyl carbamates (subject to hydrolysis) is 1. The van der Waals surface area contributed by atoms with E-state index in [4.69, 9.17) is 0 Å². The maximum Gasteiger partial charge on any atom is 0.407 e. The molecule has 0 bridgehead atoms. The van der Waals surface area contributed by atoms with Gasteiger partial charge in [0.1, 0.15) is 12.2 Å². The number of aryl methyl sites for hydroxylation is 1. The topological polar surface area (TPSA) is 82.7 Å². The van der Waals surface area contributed by atoms with Gasteiger partial charge >= 0.3 is 6.09 Å². The smallest absolute Gasteiger partial charge is 0.407 e. The van der Waals surface area contributed by atoms with Crippen molar-refractivity contribution in [1.29, 1.82) is 0 Å². The molecule has 1 aromatic carbocycles. The molecule has 0 saturated carbocycles. The number of amides is 2. The first-order valence-electron chi connectivity index (χ1n) is 9.85. The fourth-order valence-corrected chi connectivity index (χ4v) is 3.82. The Balaban J connectivity index is 1.68. The molecule has 0 radical (unpaired) electrons. The Kier molecular flexibility index (Phi) is 6.11. The third kappa shape index (κ3) is 4.24. The van der Waals surface area contributed by atoms with Crippen molar-refractivity contribution in [3.63, 3.8) is 0 Å². The van der Waals surface area contributed by atoms with Crippen LogP contribution in [0.15, 0.2) is 30.5 Å². The number of carbonyl (C=O) groups excluding carboxylic acids is 2. The molecule has 152 valence electrons. The molecule has 0 aliphatic carbocycles. The Morgan fingerprint density at radius 3 is 2.61 bits per heavy atom. The van der Waals surface area contributed by atoms with Gasteiger partial charge in [-0.15, -0.1) is 0 Å². The molecule has 1 fully saturated rings. The molecule has 0 spiro atoms. The summed E-state index contributed by atoms with van der Waals surface area (Å²) in [5, 5.41) is 9.59. The highest BCUT2D eigenvalue weighted by atomic mass is 16.5. The van der Waals surface area contributed by atoms with Gasteiger partial charge in [-0.25, -0.2) is 4.79 Å². The van der Waals surface area contributed by atoms with Gasteiger partial charge in [0.15, 0.2) is 0 Å². The molecular formula is C21H30N4O3. The van der Waals surface area contributed by atoms with Crippen molar-refractivity contribution in [3.05, 3.63) is 41.6 Å². The lowest BCUT2D eigenvalue weighted by molar-refractivity contribution is -0.135. The average Bonchev–Trinajstić information content (AvgIpc) is 3.34. The summed E-state index contributed by atoms with van der Waals surface area (Å²) in [5.41, 5.74) is 3.36. The second kappa shape index (κ2) is 8.54. The lowest BCUT2D eigenvalue weighted by atomic mass is 10.0. The summed E-state index contributed by atoms with van der Waals surface area (Å²) in [7, 11) is 1.31. The van der Waals surface area contributed by atoms with Gasteiger partial charge in [-0.2, -0.15) is 0 Å². The van der Waals surface area contributed by atoms with Crippen molar-refractivity contribution in [2.75, 3.05) is 13.7 Å². The van der Waals surface area contributed by atoms with Gasteiger partial charge in [-0.1, -0.05) is 43.7 Å². The minimum Gasteiger partial charge on any atom is -0.453 e. The van der Waals surface area contributed by atoms with Crippen LogP contribution in [-0.4, -0.2) is 48.8 Å². The van der Waals surface area contributed by atoms with E-state index in [1.165, 1.54) is 12.7 Å². The number of benzene rings is 1. The molecule has 1 aromatic rings. The molecular weight excluding hydrogens is 356 g/mol. The number of ether oxygens (including phenoxy) is 1. The average molecular weight is 386 g/mol. The van der Waals surface area contributed by atoms with Crippen LogP contribution in [-0.2, 0) is 9.53 Å². The zero-order valence-electron chi connectivity index (χ0n) is 17.0. The van der Waals surface area contributed by atoms with Crippen LogP contribution in [0, 0.1) is 12.8 Å². The molecule has 3 N–H and O–H groups in total. The molecule has 2 amide bonds. The summed E-state index contributed by atoms with van der Waals surface area (Å²) < 4.78 is 4.69. The quantitative estimate of drug-likeness (QED) is 0.723. The number of likely N-dealkylation sites (tertiary alicyclic amines) is 1. The summed E-state index contributed by atoms with van der Waals surface area (Å²) in [6, 6.07) is 7.77. The summed E-state index contributed by atoms with van der Waals surface area (Å²) >= 11 is 0. The van der Waals surface area contributed by atoms with Crippen LogP contribution in [0.4, 0.5) is 4.79 Å². The van der Waals surface area contributed by atoms with Gasteiger partial charge in [-0.05, 0) is 31.2 Å². The van der Waals surface area contributed by atoms with Crippen LogP contribution < -0.4 is 16.0 Å². The van der Waals surface area contributed by atoms with Crippen molar-refractivity contribution in [3.8, 4) is 0 Å². The molecule has 3 rings (SSSR count). The predicted molar refractivity (Wildman–Crippen MR) is 108 cm³/mol. The number of carbonyl (C=O) groups is 2. The van der Waals surface area contributed by atoms with E-state index in [0.717, 1.165) is 24.1 Å². The molecule has 0 aromatic heterocycles. The van der Waals surface area contributed by atoms with Gasteiger partial charge in [-0.3, -0.25) is 4.79 Å². The molecule has 7 nitrogen and oxygen atoms in total. The van der Waals surface area contributed by atoms with Gasteiger partial charge < -0.3 is 25.6 Å². The standard InChI is InChI=1S/C21H30N4O3/c1-13(2)18(24-21(27)28-4)20(26)25-11-5-6-17(25)19-22-12-16(23-19)15-9-7-14(3)8-10-15/h7-10,12-13,17-19,22-23H,5-6,11H2,1-4H3,(H,24,27)/t17-,18-,19?/m0/s1. The summed E-state index contributed by atoms with van der Waals surface area (Å²) in [4.78, 5) is 26.7. The molecule has 1 saturated heterocycles. The Labute approximate surface area is 166 Å². The van der Waals surface area contributed by atoms with Crippen molar-refractivity contribution < 1.29 is 14.3 Å². The predicted octanol–water partition coefficient (Wildman–Crippen LogP) is 2.18. The highest BCUT2D eigenvalue weighted by molar-refractivity contribution is 5.86. The van der Waals surface area contributed by atoms with E-state index in [2.05, 4.69) is 51.9 Å². The molecule has 1 unspecified atom stereocenters. The molecule has 7 heteroatoms. The van der Waals surface area contributed by atoms with Gasteiger partial charge in [0.25, 0.3) is 0 Å². The van der Waals surface area contributed by atoms with Crippen LogP contribution in [0.5, 0.6) is 0 Å². The Bertz CT molecular complexity index is 745. The lowest BCUT2D eigenvalue weighted by Gasteiger charge is -2.34. The van der Waals surface area contributed by atoms with Crippen molar-refractivity contribution in [1.82, 2.24) is 20.9 Å². The number of hydrogen-bond acceptors (Lipinski definition) is 5. The van der Waals surface area contributed by atoms with Crippen LogP contribution in [0.2, 0.25) is 0 Å². The van der Waals surface area contributed by atoms with E-state index in [-0.39, 0.29) is 24.0 Å². The number of hydrogen-bond donors (Lipinski definition) is 3. The summed E-state index contributed by atoms with van der Waals surface area (Å²) in [6.45, 7) is 6.60. The maximum absolute atomic E-state index is 13.2. The molecule has 28 heavy (non-hydrogen) atoms. The highest BCUT2D eigenvalue weighted by Gasteiger charge is 2.40. The van der Waals surface area contributed by atoms with E-state index in [1.807, 2.05) is 24.9 Å². The normalized spacial score (nSPS) is 22.3. The van der Waals surface area contributed by atoms with Crippen molar-refractivity contribution >= 4 is 17.7 Å². The number of nitrogens with one attached hydrogen (secondary N) is 3. The van der Waals surface area contributed by atoms with Crippen LogP contribution >= 0.6 is 0 Å². The van der Waals surface area contributed by atoms with Gasteiger partial charge in [0, 0.05) is 12.7 Å². The molecule has 2 aliphatic rings. The third-order valence-corrected chi connectivity index (χ3v) is 5.44. The first-order valence-corrected chi connectivity index (χ1v) is 9.85. The van der Waals surface area contributed by atoms with E-state index < -0.39 is 12.1 Å². The van der Waals surface area contributed by atoms with Crippen molar-refractivity contribution in [2.24, 2.45) is 5.92 Å². The highest BCUT2D eigenvalue weighted by Crippen LogP contribution is 2.26. The lowest BCUT2D eigenvalue weighted by Crippen LogP contribution is -2.57. The summed E-state index contributed by atoms with van der Waals surface area (Å²) in [6.07, 6.45) is 3.20. The van der Waals surface area contributed by atoms with E-state index in [9.17, 15) is 9.59 Å². The largest absolute Gasteiger partial charge is 0.453 e. The van der Waals surface area contributed by atoms with Crippen LogP contribution in [0.3, 0.4) is 0 Å². The maximum atomic E-state index is 13.2. The third-order valence-electron chi connectivity index (χ3n) is 5.44. The minimum atomic E-state index is -0.598. The van der Waals surface area contributed by atoms with E-state index in [1.54, 1.807) is 0 Å². The Morgan fingerprint density at radius 1 is 1.25 bits per heavy atom. The second-order valence-electron chi connectivity index (χ2n) is 7.81. The number of methoxy groups -OCH3 is 1. The van der Waals surface area contributed by atoms with E-state index in [0.29, 0.717) is 6.54 Å². The molecule has 2 aliphatic heterocycles. The summed E-state index contributed by atoms with van der Waals surface area (Å²) in [5.74, 6) is -0.0890. The Hall–Kier alpha value is -2.70. The SMILES string of the molecule is COC(=O)N[C@H](C(=O)N1CCC[C@H]1C1NC=C(c2ccc(C)cc2)N1)C(C)C. The van der Waals surface area contributed by atoms with E-state index >= 15 is 0 Å². The molecule has 3 atom stereocenters. The number of nitrogens with zero attached hydrogens (tertiary/aromatic N) is 1. The fourth-order valence-electron chi connectivity index (χ4n) is 3.82. The first kappa shape index (κ1) is 20.0. The monoisotopic (exact) mass is 386 g/mol. The zero-order valence-corrected chi connectivity index (χ0v) is 17.0. The Morgan fingerprint density at radius 2 is 1.96 bits per heavy atom. The van der Waals surface area contributed by atoms with Crippen LogP contribution in [0.1, 0.15) is 37.8 Å². The second-order valence-corrected chi connectivity index (χ2v) is 7.81. The van der Waals surface area contributed by atoms with Crippen molar-refractivity contribution in [2.45, 2.75) is 51.9 Å².